The van der Waals surface area contributed by atoms with Crippen molar-refractivity contribution in [3.05, 3.63) is 101 Å². The summed E-state index contributed by atoms with van der Waals surface area (Å²) < 4.78 is 28.3. The lowest BCUT2D eigenvalue weighted by Gasteiger charge is -2.33. The Labute approximate surface area is 222 Å². The summed E-state index contributed by atoms with van der Waals surface area (Å²) in [6.45, 7) is 3.31. The molecule has 0 aliphatic carbocycles. The predicted octanol–water partition coefficient (Wildman–Crippen LogP) is 3.73. The van der Waals surface area contributed by atoms with Crippen LogP contribution in [0.25, 0.3) is 0 Å². The molecule has 0 heterocycles. The molecule has 38 heavy (non-hydrogen) atoms. The third-order valence-corrected chi connectivity index (χ3v) is 7.66. The van der Waals surface area contributed by atoms with Gasteiger partial charge in [0.1, 0.15) is 12.6 Å². The van der Waals surface area contributed by atoms with Gasteiger partial charge in [-0.25, -0.2) is 8.42 Å². The first-order valence-corrected chi connectivity index (χ1v) is 13.6. The van der Waals surface area contributed by atoms with Crippen molar-refractivity contribution in [2.75, 3.05) is 17.4 Å². The number of anilines is 1. The lowest BCUT2D eigenvalue weighted by atomic mass is 10.1. The molecule has 10 nitrogen and oxygen atoms in total. The minimum atomic E-state index is -4.30. The Kier molecular flexibility index (Phi) is 9.55. The third-order valence-electron chi connectivity index (χ3n) is 5.87. The van der Waals surface area contributed by atoms with Gasteiger partial charge in [0, 0.05) is 25.2 Å². The highest BCUT2D eigenvalue weighted by Gasteiger charge is 2.33. The summed E-state index contributed by atoms with van der Waals surface area (Å²) in [4.78, 5) is 38.8. The molecule has 3 aromatic rings. The molecule has 2 amide bonds. The predicted molar refractivity (Wildman–Crippen MR) is 144 cm³/mol. The van der Waals surface area contributed by atoms with Crippen molar-refractivity contribution in [3.63, 3.8) is 0 Å². The molecular formula is C27H30N4O6S. The first kappa shape index (κ1) is 28.3. The number of benzene rings is 3. The van der Waals surface area contributed by atoms with Gasteiger partial charge in [0.25, 0.3) is 15.7 Å². The molecule has 0 bridgehead atoms. The van der Waals surface area contributed by atoms with Crippen molar-refractivity contribution in [3.8, 4) is 0 Å². The maximum absolute atomic E-state index is 13.8. The van der Waals surface area contributed by atoms with Crippen molar-refractivity contribution < 1.29 is 22.9 Å². The Morgan fingerprint density at radius 3 is 2.16 bits per heavy atom. The molecule has 0 aromatic heterocycles. The van der Waals surface area contributed by atoms with Crippen LogP contribution in [-0.4, -0.2) is 49.2 Å². The third kappa shape index (κ3) is 6.74. The van der Waals surface area contributed by atoms with Crippen LogP contribution in [-0.2, 0) is 26.2 Å². The van der Waals surface area contributed by atoms with Gasteiger partial charge >= 0.3 is 0 Å². The van der Waals surface area contributed by atoms with Gasteiger partial charge in [-0.05, 0) is 37.1 Å². The molecule has 0 saturated carbocycles. The summed E-state index contributed by atoms with van der Waals surface area (Å²) in [7, 11) is -4.30. The zero-order valence-corrected chi connectivity index (χ0v) is 22.0. The summed E-state index contributed by atoms with van der Waals surface area (Å²) in [6.07, 6.45) is 0.298. The van der Waals surface area contributed by atoms with Crippen LogP contribution in [0, 0.1) is 10.1 Å². The Hall–Kier alpha value is -4.25. The number of amides is 2. The van der Waals surface area contributed by atoms with E-state index in [1.54, 1.807) is 44.2 Å². The molecular weight excluding hydrogens is 508 g/mol. The number of rotatable bonds is 12. The highest BCUT2D eigenvalue weighted by Crippen LogP contribution is 2.27. The monoisotopic (exact) mass is 538 g/mol. The minimum absolute atomic E-state index is 0.0397. The highest BCUT2D eigenvalue weighted by atomic mass is 32.2. The summed E-state index contributed by atoms with van der Waals surface area (Å²) in [5.74, 6) is -0.981. The zero-order valence-electron chi connectivity index (χ0n) is 21.2. The molecule has 0 aliphatic rings. The SMILES string of the molecule is CCNC(=O)[C@H](CC)N(Cc1ccccc1)C(=O)CN(c1cccc([N+](=O)[O-])c1)S(=O)(=O)c1ccccc1. The van der Waals surface area contributed by atoms with Gasteiger partial charge < -0.3 is 10.2 Å². The van der Waals surface area contributed by atoms with Crippen LogP contribution in [0.2, 0.25) is 0 Å². The fourth-order valence-corrected chi connectivity index (χ4v) is 5.43. The normalized spacial score (nSPS) is 11.8. The number of nitro groups is 1. The van der Waals surface area contributed by atoms with Crippen LogP contribution < -0.4 is 9.62 Å². The topological polar surface area (TPSA) is 130 Å². The summed E-state index contributed by atoms with van der Waals surface area (Å²) in [6, 6.07) is 20.8. The standard InChI is InChI=1S/C27H30N4O6S/c1-3-25(27(33)28-4-2)29(19-21-12-7-5-8-13-21)26(32)20-30(22-14-11-15-23(18-22)31(34)35)38(36,37)24-16-9-6-10-17-24/h5-18,25H,3-4,19-20H2,1-2H3,(H,28,33)/t25-/m0/s1. The number of carbonyl (C=O) groups is 2. The van der Waals surface area contributed by atoms with Crippen LogP contribution in [0.4, 0.5) is 11.4 Å². The second kappa shape index (κ2) is 12.8. The van der Waals surface area contributed by atoms with Gasteiger partial charge in [-0.15, -0.1) is 0 Å². The van der Waals surface area contributed by atoms with E-state index >= 15 is 0 Å². The van der Waals surface area contributed by atoms with E-state index in [2.05, 4.69) is 5.32 Å². The molecule has 3 rings (SSSR count). The molecule has 0 spiro atoms. The van der Waals surface area contributed by atoms with Gasteiger partial charge in [0.05, 0.1) is 15.5 Å². The summed E-state index contributed by atoms with van der Waals surface area (Å²) in [5.41, 5.74) is 0.400. The van der Waals surface area contributed by atoms with E-state index in [9.17, 15) is 28.1 Å². The van der Waals surface area contributed by atoms with E-state index in [-0.39, 0.29) is 28.7 Å². The van der Waals surface area contributed by atoms with Gasteiger partial charge in [-0.2, -0.15) is 0 Å². The van der Waals surface area contributed by atoms with E-state index in [4.69, 9.17) is 0 Å². The summed E-state index contributed by atoms with van der Waals surface area (Å²) in [5, 5.41) is 14.2. The van der Waals surface area contributed by atoms with Gasteiger partial charge in [0.15, 0.2) is 0 Å². The molecule has 0 radical (unpaired) electrons. The molecule has 0 fully saturated rings. The molecule has 200 valence electrons. The number of hydrogen-bond donors (Lipinski definition) is 1. The Morgan fingerprint density at radius 1 is 0.947 bits per heavy atom. The highest BCUT2D eigenvalue weighted by molar-refractivity contribution is 7.92. The smallest absolute Gasteiger partial charge is 0.271 e. The van der Waals surface area contributed by atoms with Crippen molar-refractivity contribution in [1.82, 2.24) is 10.2 Å². The zero-order chi connectivity index (χ0) is 27.7. The number of carbonyl (C=O) groups excluding carboxylic acids is 2. The van der Waals surface area contributed by atoms with Crippen LogP contribution in [0.1, 0.15) is 25.8 Å². The van der Waals surface area contributed by atoms with Gasteiger partial charge in [0.2, 0.25) is 11.8 Å². The first-order chi connectivity index (χ1) is 18.2. The van der Waals surface area contributed by atoms with Crippen molar-refractivity contribution in [1.29, 1.82) is 0 Å². The van der Waals surface area contributed by atoms with Crippen molar-refractivity contribution in [2.45, 2.75) is 37.8 Å². The number of nitrogens with zero attached hydrogens (tertiary/aromatic N) is 3. The van der Waals surface area contributed by atoms with E-state index in [0.717, 1.165) is 15.9 Å². The average Bonchev–Trinajstić information content (AvgIpc) is 2.92. The van der Waals surface area contributed by atoms with E-state index in [1.807, 2.05) is 18.2 Å². The fourth-order valence-electron chi connectivity index (χ4n) is 4.00. The average molecular weight is 539 g/mol. The number of likely N-dealkylation sites (N-methyl/N-ethyl adjacent to an activating group) is 1. The van der Waals surface area contributed by atoms with Crippen molar-refractivity contribution in [2.24, 2.45) is 0 Å². The quantitative estimate of drug-likeness (QED) is 0.276. The molecule has 0 unspecified atom stereocenters. The second-order valence-corrected chi connectivity index (χ2v) is 10.3. The molecule has 0 saturated heterocycles. The maximum Gasteiger partial charge on any atom is 0.271 e. The lowest BCUT2D eigenvalue weighted by molar-refractivity contribution is -0.384. The second-order valence-electron chi connectivity index (χ2n) is 8.43. The number of hydrogen-bond acceptors (Lipinski definition) is 6. The van der Waals surface area contributed by atoms with Crippen LogP contribution in [0.15, 0.2) is 89.8 Å². The lowest BCUT2D eigenvalue weighted by Crippen LogP contribution is -2.52. The first-order valence-electron chi connectivity index (χ1n) is 12.1. The van der Waals surface area contributed by atoms with Crippen molar-refractivity contribution >= 4 is 33.2 Å². The molecule has 1 atom stereocenters. The fraction of sp³-hybridized carbons (Fsp3) is 0.259. The van der Waals surface area contributed by atoms with Gasteiger partial charge in [-0.3, -0.25) is 24.0 Å². The number of nitro benzene ring substituents is 1. The Balaban J connectivity index is 2.08. The van der Waals surface area contributed by atoms with E-state index in [0.29, 0.717) is 13.0 Å². The maximum atomic E-state index is 13.8. The Morgan fingerprint density at radius 2 is 1.58 bits per heavy atom. The number of sulfonamides is 1. The molecule has 3 aromatic carbocycles. The van der Waals surface area contributed by atoms with Crippen LogP contribution >= 0.6 is 0 Å². The van der Waals surface area contributed by atoms with E-state index in [1.165, 1.54) is 35.2 Å². The number of non-ortho nitro benzene ring substituents is 1. The van der Waals surface area contributed by atoms with Crippen LogP contribution in [0.3, 0.4) is 0 Å². The van der Waals surface area contributed by atoms with Crippen LogP contribution in [0.5, 0.6) is 0 Å². The Bertz CT molecular complexity index is 1370. The molecule has 0 aliphatic heterocycles. The summed E-state index contributed by atoms with van der Waals surface area (Å²) >= 11 is 0. The van der Waals surface area contributed by atoms with E-state index < -0.39 is 33.4 Å². The largest absolute Gasteiger partial charge is 0.355 e. The molecule has 1 N–H and O–H groups in total. The molecule has 11 heteroatoms. The number of nitrogens with one attached hydrogen (secondary N) is 1. The minimum Gasteiger partial charge on any atom is -0.355 e. The van der Waals surface area contributed by atoms with Gasteiger partial charge in [-0.1, -0.05) is 61.5 Å².